The van der Waals surface area contributed by atoms with E-state index in [1.165, 1.54) is 24.2 Å². The SMILES string of the molecule is CON(C(=O)c1cccc2ccc(-c3nnnn3C)nc12)c1c(Cl)cncc1Cl. The first kappa shape index (κ1) is 19.2. The number of fused-ring (bicyclic) bond motifs is 1. The molecule has 3 aromatic heterocycles. The van der Waals surface area contributed by atoms with Crippen LogP contribution in [0.1, 0.15) is 10.4 Å². The van der Waals surface area contributed by atoms with Crippen molar-refractivity contribution in [1.82, 2.24) is 30.2 Å². The third kappa shape index (κ3) is 3.39. The van der Waals surface area contributed by atoms with E-state index in [-0.39, 0.29) is 15.7 Å². The molecular weight excluding hydrogens is 417 g/mol. The molecule has 146 valence electrons. The molecule has 9 nitrogen and oxygen atoms in total. The molecule has 1 aromatic carbocycles. The molecule has 0 fully saturated rings. The Balaban J connectivity index is 1.86. The maximum Gasteiger partial charge on any atom is 0.284 e. The molecule has 3 heterocycles. The Morgan fingerprint density at radius 1 is 1.14 bits per heavy atom. The molecule has 0 radical (unpaired) electrons. The Labute approximate surface area is 174 Å². The zero-order chi connectivity index (χ0) is 20.5. The summed E-state index contributed by atoms with van der Waals surface area (Å²) < 4.78 is 1.50. The second-order valence-corrected chi connectivity index (χ2v) is 6.75. The van der Waals surface area contributed by atoms with E-state index in [4.69, 9.17) is 28.0 Å². The minimum atomic E-state index is -0.492. The quantitative estimate of drug-likeness (QED) is 0.458. The van der Waals surface area contributed by atoms with Gasteiger partial charge in [0, 0.05) is 24.8 Å². The fourth-order valence-corrected chi connectivity index (χ4v) is 3.39. The highest BCUT2D eigenvalue weighted by Crippen LogP contribution is 2.34. The fraction of sp³-hybridized carbons (Fsp3) is 0.111. The predicted molar refractivity (Wildman–Crippen MR) is 108 cm³/mol. The summed E-state index contributed by atoms with van der Waals surface area (Å²) in [5.41, 5.74) is 1.47. The minimum Gasteiger partial charge on any atom is -0.269 e. The van der Waals surface area contributed by atoms with Gasteiger partial charge in [0.2, 0.25) is 0 Å². The summed E-state index contributed by atoms with van der Waals surface area (Å²) in [6, 6.07) is 8.87. The number of carbonyl (C=O) groups is 1. The van der Waals surface area contributed by atoms with Crippen LogP contribution in [0.15, 0.2) is 42.7 Å². The number of benzene rings is 1. The summed E-state index contributed by atoms with van der Waals surface area (Å²) in [6.07, 6.45) is 2.76. The van der Waals surface area contributed by atoms with Crippen molar-refractivity contribution in [2.75, 3.05) is 12.2 Å². The lowest BCUT2D eigenvalue weighted by Crippen LogP contribution is -2.30. The van der Waals surface area contributed by atoms with Crippen LogP contribution >= 0.6 is 23.2 Å². The van der Waals surface area contributed by atoms with Gasteiger partial charge >= 0.3 is 0 Å². The van der Waals surface area contributed by atoms with Crippen LogP contribution in [0.3, 0.4) is 0 Å². The van der Waals surface area contributed by atoms with Crippen LogP contribution in [0.5, 0.6) is 0 Å². The number of hydrogen-bond acceptors (Lipinski definition) is 7. The molecule has 11 heteroatoms. The first-order valence-corrected chi connectivity index (χ1v) is 9.07. The van der Waals surface area contributed by atoms with E-state index < -0.39 is 5.91 Å². The largest absolute Gasteiger partial charge is 0.284 e. The number of halogens is 2. The summed E-state index contributed by atoms with van der Waals surface area (Å²) in [7, 11) is 3.05. The van der Waals surface area contributed by atoms with Crippen LogP contribution in [0.2, 0.25) is 10.0 Å². The predicted octanol–water partition coefficient (Wildman–Crippen LogP) is 3.34. The van der Waals surface area contributed by atoms with Gasteiger partial charge in [0.05, 0.1) is 28.2 Å². The number of nitrogens with zero attached hydrogens (tertiary/aromatic N) is 7. The topological polar surface area (TPSA) is 98.9 Å². The van der Waals surface area contributed by atoms with Crippen molar-refractivity contribution in [3.05, 3.63) is 58.3 Å². The van der Waals surface area contributed by atoms with Crippen LogP contribution in [0.25, 0.3) is 22.4 Å². The van der Waals surface area contributed by atoms with Crippen molar-refractivity contribution >= 4 is 45.7 Å². The molecule has 0 aliphatic rings. The number of pyridine rings is 2. The van der Waals surface area contributed by atoms with Gasteiger partial charge in [0.1, 0.15) is 11.4 Å². The van der Waals surface area contributed by atoms with Crippen LogP contribution in [-0.2, 0) is 11.9 Å². The Bertz CT molecular complexity index is 1210. The van der Waals surface area contributed by atoms with Gasteiger partial charge in [0.15, 0.2) is 5.82 Å². The molecule has 1 amide bonds. The number of aryl methyl sites for hydroxylation is 1. The molecule has 4 rings (SSSR count). The first-order chi connectivity index (χ1) is 14.0. The lowest BCUT2D eigenvalue weighted by Gasteiger charge is -2.22. The smallest absolute Gasteiger partial charge is 0.269 e. The summed E-state index contributed by atoms with van der Waals surface area (Å²) >= 11 is 12.4. The van der Waals surface area contributed by atoms with E-state index in [1.54, 1.807) is 25.2 Å². The van der Waals surface area contributed by atoms with Crippen LogP contribution in [0.4, 0.5) is 5.69 Å². The molecule has 0 spiro atoms. The van der Waals surface area contributed by atoms with Crippen LogP contribution in [-0.4, -0.2) is 43.2 Å². The molecule has 0 aliphatic heterocycles. The van der Waals surface area contributed by atoms with Gasteiger partial charge in [0.25, 0.3) is 5.91 Å². The van der Waals surface area contributed by atoms with Gasteiger partial charge in [-0.3, -0.25) is 14.6 Å². The van der Waals surface area contributed by atoms with E-state index in [0.717, 1.165) is 10.4 Å². The Kier molecular flexibility index (Phi) is 5.10. The van der Waals surface area contributed by atoms with E-state index >= 15 is 0 Å². The van der Waals surface area contributed by atoms with Crippen LogP contribution < -0.4 is 5.06 Å². The summed E-state index contributed by atoms with van der Waals surface area (Å²) in [6.45, 7) is 0. The number of para-hydroxylation sites is 1. The summed E-state index contributed by atoms with van der Waals surface area (Å²) in [5.74, 6) is -0.0215. The second kappa shape index (κ2) is 7.70. The Morgan fingerprint density at radius 3 is 2.55 bits per heavy atom. The number of tetrazole rings is 1. The molecule has 0 saturated heterocycles. The van der Waals surface area contributed by atoms with E-state index in [1.807, 2.05) is 12.1 Å². The van der Waals surface area contributed by atoms with Crippen molar-refractivity contribution < 1.29 is 9.63 Å². The molecule has 0 N–H and O–H groups in total. The maximum atomic E-state index is 13.3. The van der Waals surface area contributed by atoms with Crippen LogP contribution in [0, 0.1) is 0 Å². The third-order valence-corrected chi connectivity index (χ3v) is 4.75. The van der Waals surface area contributed by atoms with E-state index in [9.17, 15) is 4.79 Å². The number of hydrogen-bond donors (Lipinski definition) is 0. The van der Waals surface area contributed by atoms with Gasteiger partial charge in [-0.05, 0) is 22.6 Å². The molecule has 4 aromatic rings. The zero-order valence-electron chi connectivity index (χ0n) is 15.2. The standard InChI is InChI=1S/C18H13Cl2N7O2/c1-26-17(23-24-25-26)14-7-6-10-4-3-5-11(15(10)22-14)18(28)27(29-2)16-12(19)8-21-9-13(16)20/h3-9H,1-2H3. The third-order valence-electron chi connectivity index (χ3n) is 4.20. The molecule has 0 atom stereocenters. The number of rotatable bonds is 4. The normalized spacial score (nSPS) is 11.0. The highest BCUT2D eigenvalue weighted by atomic mass is 35.5. The molecule has 29 heavy (non-hydrogen) atoms. The molecular formula is C18H13Cl2N7O2. The second-order valence-electron chi connectivity index (χ2n) is 5.93. The first-order valence-electron chi connectivity index (χ1n) is 8.31. The van der Waals surface area contributed by atoms with Crippen molar-refractivity contribution in [2.45, 2.75) is 0 Å². The Hall–Kier alpha value is -3.14. The van der Waals surface area contributed by atoms with Gasteiger partial charge < -0.3 is 0 Å². The molecule has 0 saturated carbocycles. The number of hydroxylamine groups is 1. The number of aromatic nitrogens is 6. The fourth-order valence-electron chi connectivity index (χ4n) is 2.87. The van der Waals surface area contributed by atoms with Gasteiger partial charge in [-0.2, -0.15) is 5.06 Å². The monoisotopic (exact) mass is 429 g/mol. The van der Waals surface area contributed by atoms with Gasteiger partial charge in [-0.25, -0.2) is 9.67 Å². The summed E-state index contributed by atoms with van der Waals surface area (Å²) in [5, 5.41) is 13.5. The summed E-state index contributed by atoms with van der Waals surface area (Å²) in [4.78, 5) is 27.2. The average Bonchev–Trinajstić information content (AvgIpc) is 3.15. The van der Waals surface area contributed by atoms with E-state index in [0.29, 0.717) is 22.6 Å². The van der Waals surface area contributed by atoms with Crippen molar-refractivity contribution in [3.8, 4) is 11.5 Å². The highest BCUT2D eigenvalue weighted by molar-refractivity contribution is 6.39. The number of anilines is 1. The highest BCUT2D eigenvalue weighted by Gasteiger charge is 2.25. The van der Waals surface area contributed by atoms with Gasteiger partial charge in [-0.15, -0.1) is 5.10 Å². The lowest BCUT2D eigenvalue weighted by atomic mass is 10.1. The number of carbonyl (C=O) groups excluding carboxylic acids is 1. The molecule has 0 unspecified atom stereocenters. The maximum absolute atomic E-state index is 13.3. The average molecular weight is 430 g/mol. The molecule has 0 aliphatic carbocycles. The zero-order valence-corrected chi connectivity index (χ0v) is 16.8. The minimum absolute atomic E-state index is 0.173. The molecule has 0 bridgehead atoms. The van der Waals surface area contributed by atoms with Crippen molar-refractivity contribution in [3.63, 3.8) is 0 Å². The van der Waals surface area contributed by atoms with Crippen molar-refractivity contribution in [1.29, 1.82) is 0 Å². The van der Waals surface area contributed by atoms with Gasteiger partial charge in [-0.1, -0.05) is 41.4 Å². The van der Waals surface area contributed by atoms with Crippen molar-refractivity contribution in [2.24, 2.45) is 7.05 Å². The van der Waals surface area contributed by atoms with E-state index in [2.05, 4.69) is 25.5 Å². The lowest BCUT2D eigenvalue weighted by molar-refractivity contribution is 0.0775. The number of amides is 1. The Morgan fingerprint density at radius 2 is 1.90 bits per heavy atom.